The van der Waals surface area contributed by atoms with Gasteiger partial charge >= 0.3 is 0 Å². The third-order valence-electron chi connectivity index (χ3n) is 1.03. The van der Waals surface area contributed by atoms with Crippen LogP contribution in [0.3, 0.4) is 0 Å². The van der Waals surface area contributed by atoms with Crippen LogP contribution in [-0.4, -0.2) is 0 Å². The maximum atomic E-state index is 4.84. The lowest BCUT2D eigenvalue weighted by atomic mass is 10.2. The second-order valence-electron chi connectivity index (χ2n) is 1.90. The standard InChI is InChI=1S/C7H7N3/c1-6-3-2-4-7(5-6)9-10-8/h3,5H,1H3,(H2,8,9). The highest BCUT2D eigenvalue weighted by Gasteiger charge is 1.85. The van der Waals surface area contributed by atoms with Crippen molar-refractivity contribution < 1.29 is 0 Å². The molecule has 1 aromatic carbocycles. The van der Waals surface area contributed by atoms with Crippen LogP contribution in [0, 0.1) is 19.1 Å². The molecule has 0 saturated carbocycles. The van der Waals surface area contributed by atoms with E-state index in [4.69, 9.17) is 5.84 Å². The summed E-state index contributed by atoms with van der Waals surface area (Å²) in [6, 6.07) is 9.17. The topological polar surface area (TPSA) is 50.7 Å². The van der Waals surface area contributed by atoms with E-state index in [1.54, 1.807) is 0 Å². The minimum atomic E-state index is 0.613. The molecule has 0 aliphatic rings. The molecule has 0 amide bonds. The van der Waals surface area contributed by atoms with Crippen molar-refractivity contribution in [3.63, 3.8) is 0 Å². The molecule has 2 N–H and O–H groups in total. The minimum absolute atomic E-state index is 0.613. The molecule has 0 fully saturated rings. The SMILES string of the molecule is Cc1cc#cc(N=NN)c1. The largest absolute Gasteiger partial charge is 0.305 e. The normalized spacial score (nSPS) is 9.70. The Morgan fingerprint density at radius 1 is 1.60 bits per heavy atom. The number of hydrogen-bond donors (Lipinski definition) is 1. The highest BCUT2D eigenvalue weighted by molar-refractivity contribution is 5.33. The molecule has 0 saturated heterocycles. The van der Waals surface area contributed by atoms with Crippen molar-refractivity contribution in [2.45, 2.75) is 6.92 Å². The lowest BCUT2D eigenvalue weighted by Gasteiger charge is -1.86. The average molecular weight is 133 g/mol. The monoisotopic (exact) mass is 133 g/mol. The van der Waals surface area contributed by atoms with Gasteiger partial charge in [0.15, 0.2) is 0 Å². The van der Waals surface area contributed by atoms with Crippen molar-refractivity contribution >= 4 is 5.69 Å². The van der Waals surface area contributed by atoms with Gasteiger partial charge in [-0.2, -0.15) is 0 Å². The molecule has 1 rings (SSSR count). The van der Waals surface area contributed by atoms with Crippen LogP contribution in [-0.2, 0) is 0 Å². The van der Waals surface area contributed by atoms with Crippen LogP contribution in [0.25, 0.3) is 0 Å². The van der Waals surface area contributed by atoms with Gasteiger partial charge in [0.2, 0.25) is 0 Å². The van der Waals surface area contributed by atoms with E-state index in [9.17, 15) is 0 Å². The summed E-state index contributed by atoms with van der Waals surface area (Å²) >= 11 is 0. The molecule has 0 unspecified atom stereocenters. The van der Waals surface area contributed by atoms with Crippen molar-refractivity contribution in [3.8, 4) is 0 Å². The zero-order chi connectivity index (χ0) is 7.40. The molecule has 0 aromatic heterocycles. The first kappa shape index (κ1) is 6.56. The molecule has 0 atom stereocenters. The second-order valence-corrected chi connectivity index (χ2v) is 1.90. The van der Waals surface area contributed by atoms with Gasteiger partial charge in [-0.15, -0.1) is 5.11 Å². The highest BCUT2D eigenvalue weighted by atomic mass is 15.3. The molecular weight excluding hydrogens is 126 g/mol. The summed E-state index contributed by atoms with van der Waals surface area (Å²) in [5, 5.41) is 6.70. The van der Waals surface area contributed by atoms with Crippen LogP contribution in [0.4, 0.5) is 5.69 Å². The fourth-order valence-corrected chi connectivity index (χ4v) is 0.633. The van der Waals surface area contributed by atoms with E-state index in [-0.39, 0.29) is 0 Å². The summed E-state index contributed by atoms with van der Waals surface area (Å²) in [7, 11) is 0. The molecule has 0 radical (unpaired) electrons. The predicted molar refractivity (Wildman–Crippen MR) is 37.6 cm³/mol. The van der Waals surface area contributed by atoms with Gasteiger partial charge in [0.05, 0.1) is 0 Å². The summed E-state index contributed by atoms with van der Waals surface area (Å²) in [6.45, 7) is 1.94. The Bertz CT molecular complexity index is 242. The van der Waals surface area contributed by atoms with Crippen LogP contribution < -0.4 is 5.84 Å². The maximum Gasteiger partial charge on any atom is 0.138 e. The van der Waals surface area contributed by atoms with Gasteiger partial charge in [0.1, 0.15) is 5.69 Å². The predicted octanol–water partition coefficient (Wildman–Crippen LogP) is 1.55. The molecule has 50 valence electrons. The lowest BCUT2D eigenvalue weighted by Crippen LogP contribution is -1.73. The number of hydrogen-bond acceptors (Lipinski definition) is 2. The fraction of sp³-hybridized carbons (Fsp3) is 0.143. The van der Waals surface area contributed by atoms with Gasteiger partial charge in [0.25, 0.3) is 0 Å². The molecule has 0 aliphatic heterocycles. The second kappa shape index (κ2) is 2.83. The number of rotatable bonds is 1. The van der Waals surface area contributed by atoms with E-state index >= 15 is 0 Å². The van der Waals surface area contributed by atoms with Crippen LogP contribution in [0.5, 0.6) is 0 Å². The zero-order valence-electron chi connectivity index (χ0n) is 5.63. The van der Waals surface area contributed by atoms with Crippen LogP contribution >= 0.6 is 0 Å². The van der Waals surface area contributed by atoms with Crippen LogP contribution in [0.1, 0.15) is 5.56 Å². The Labute approximate surface area is 59.6 Å². The van der Waals surface area contributed by atoms with E-state index in [0.717, 1.165) is 5.56 Å². The molecule has 3 nitrogen and oxygen atoms in total. The Hall–Kier alpha value is -1.56. The summed E-state index contributed by atoms with van der Waals surface area (Å²) in [4.78, 5) is 0. The molecule has 0 bridgehead atoms. The molecule has 0 aliphatic carbocycles. The average Bonchev–Trinajstić information content (AvgIpc) is 1.88. The van der Waals surface area contributed by atoms with Crippen molar-refractivity contribution in [3.05, 3.63) is 29.8 Å². The van der Waals surface area contributed by atoms with Crippen LogP contribution in [0.15, 0.2) is 22.5 Å². The lowest BCUT2D eigenvalue weighted by molar-refractivity contribution is 1.06. The van der Waals surface area contributed by atoms with Gasteiger partial charge < -0.3 is 5.84 Å². The molecule has 3 heteroatoms. The quantitative estimate of drug-likeness (QED) is 0.352. The smallest absolute Gasteiger partial charge is 0.138 e. The first-order valence-corrected chi connectivity index (χ1v) is 2.84. The number of nitrogens with zero attached hydrogens (tertiary/aromatic N) is 2. The Balaban J connectivity index is 2.95. The Morgan fingerprint density at radius 3 is 3.00 bits per heavy atom. The highest BCUT2D eigenvalue weighted by Crippen LogP contribution is 2.08. The minimum Gasteiger partial charge on any atom is -0.305 e. The molecular formula is C7H7N3. The van der Waals surface area contributed by atoms with E-state index < -0.39 is 0 Å². The number of aryl methyl sites for hydroxylation is 1. The van der Waals surface area contributed by atoms with Gasteiger partial charge in [-0.1, -0.05) is 11.3 Å². The zero-order valence-corrected chi connectivity index (χ0v) is 5.63. The Morgan fingerprint density at radius 2 is 2.40 bits per heavy atom. The number of nitrogens with two attached hydrogens (primary N) is 1. The first-order chi connectivity index (χ1) is 4.83. The molecule has 0 spiro atoms. The van der Waals surface area contributed by atoms with Crippen molar-refractivity contribution in [1.29, 1.82) is 0 Å². The van der Waals surface area contributed by atoms with Gasteiger partial charge in [-0.05, 0) is 30.7 Å². The molecule has 1 aromatic rings. The molecule has 0 heterocycles. The van der Waals surface area contributed by atoms with E-state index in [2.05, 4.69) is 22.5 Å². The van der Waals surface area contributed by atoms with Gasteiger partial charge in [-0.3, -0.25) is 0 Å². The maximum absolute atomic E-state index is 4.84. The van der Waals surface area contributed by atoms with Gasteiger partial charge in [-0.25, -0.2) is 0 Å². The fourth-order valence-electron chi connectivity index (χ4n) is 0.633. The van der Waals surface area contributed by atoms with Crippen molar-refractivity contribution in [1.82, 2.24) is 0 Å². The van der Waals surface area contributed by atoms with Gasteiger partial charge in [0, 0.05) is 0 Å². The van der Waals surface area contributed by atoms with Crippen molar-refractivity contribution in [2.24, 2.45) is 16.2 Å². The third kappa shape index (κ3) is 1.46. The summed E-state index contributed by atoms with van der Waals surface area (Å²) in [5.74, 6) is 4.84. The van der Waals surface area contributed by atoms with E-state index in [1.165, 1.54) is 0 Å². The van der Waals surface area contributed by atoms with Crippen LogP contribution in [0.2, 0.25) is 0 Å². The molecule has 10 heavy (non-hydrogen) atoms. The van der Waals surface area contributed by atoms with Crippen molar-refractivity contribution in [2.75, 3.05) is 0 Å². The summed E-state index contributed by atoms with van der Waals surface area (Å²) < 4.78 is 0. The third-order valence-corrected chi connectivity index (χ3v) is 1.03. The summed E-state index contributed by atoms with van der Waals surface area (Å²) in [6.07, 6.45) is 0. The van der Waals surface area contributed by atoms with E-state index in [1.807, 2.05) is 19.1 Å². The van der Waals surface area contributed by atoms with E-state index in [0.29, 0.717) is 5.69 Å². The summed E-state index contributed by atoms with van der Waals surface area (Å²) in [5.41, 5.74) is 1.68. The first-order valence-electron chi connectivity index (χ1n) is 2.84. The Kier molecular flexibility index (Phi) is 1.86.